The molecule has 3 rings (SSSR count). The number of para-hydroxylation sites is 2. The van der Waals surface area contributed by atoms with E-state index in [1.165, 1.54) is 18.2 Å². The van der Waals surface area contributed by atoms with Gasteiger partial charge in [-0.25, -0.2) is 0 Å². The van der Waals surface area contributed by atoms with Gasteiger partial charge in [-0.05, 0) is 23.6 Å². The Kier molecular flexibility index (Phi) is 4.69. The summed E-state index contributed by atoms with van der Waals surface area (Å²) in [5.41, 5.74) is 0.851. The lowest BCUT2D eigenvalue weighted by Crippen LogP contribution is -2.29. The minimum absolute atomic E-state index is 0.128. The molecule has 2 N–H and O–H groups in total. The van der Waals surface area contributed by atoms with E-state index in [1.807, 2.05) is 12.1 Å². The molecular weight excluding hydrogens is 335 g/mol. The quantitative estimate of drug-likeness (QED) is 0.740. The Hall–Kier alpha value is -2.51. The van der Waals surface area contributed by atoms with Gasteiger partial charge in [0.25, 0.3) is 0 Å². The summed E-state index contributed by atoms with van der Waals surface area (Å²) in [6, 6.07) is 13.7. The number of fused-ring (bicyclic) bond motifs is 1. The zero-order chi connectivity index (χ0) is 18.0. The Balaban J connectivity index is 2.15. The first kappa shape index (κ1) is 17.3. The van der Waals surface area contributed by atoms with Gasteiger partial charge in [-0.3, -0.25) is 0 Å². The molecule has 2 aromatic carbocycles. The third kappa shape index (κ3) is 3.62. The third-order valence-corrected chi connectivity index (χ3v) is 3.94. The van der Waals surface area contributed by atoms with Crippen LogP contribution in [0.3, 0.4) is 0 Å². The van der Waals surface area contributed by atoms with Crippen molar-refractivity contribution in [1.29, 1.82) is 0 Å². The molecule has 0 bridgehead atoms. The van der Waals surface area contributed by atoms with Crippen molar-refractivity contribution in [3.8, 4) is 5.75 Å². The topological polar surface area (TPSA) is 54.6 Å². The number of hydrogen-bond acceptors (Lipinski definition) is 3. The molecule has 1 heterocycles. The van der Waals surface area contributed by atoms with Crippen LogP contribution in [0.4, 0.5) is 13.2 Å². The molecule has 132 valence electrons. The van der Waals surface area contributed by atoms with Crippen LogP contribution in [0.15, 0.2) is 60.8 Å². The monoisotopic (exact) mass is 351 g/mol. The second kappa shape index (κ2) is 6.78. The van der Waals surface area contributed by atoms with E-state index >= 15 is 0 Å². The van der Waals surface area contributed by atoms with E-state index in [1.54, 1.807) is 35.0 Å². The molecule has 0 aliphatic heterocycles. The van der Waals surface area contributed by atoms with Crippen LogP contribution in [0, 0.1) is 0 Å². The zero-order valence-electron chi connectivity index (χ0n) is 13.0. The van der Waals surface area contributed by atoms with Gasteiger partial charge in [0.2, 0.25) is 0 Å². The molecule has 0 saturated heterocycles. The first-order valence-electron chi connectivity index (χ1n) is 7.60. The Bertz CT molecular complexity index is 860. The summed E-state index contributed by atoms with van der Waals surface area (Å²) in [6.07, 6.45) is -4.50. The largest absolute Gasteiger partial charge is 0.573 e. The minimum atomic E-state index is -4.86. The van der Waals surface area contributed by atoms with Crippen LogP contribution in [0.5, 0.6) is 5.75 Å². The lowest BCUT2D eigenvalue weighted by atomic mass is 10.00. The van der Waals surface area contributed by atoms with Crippen molar-refractivity contribution < 1.29 is 28.1 Å². The Morgan fingerprint density at radius 1 is 1.00 bits per heavy atom. The first-order valence-corrected chi connectivity index (χ1v) is 7.60. The summed E-state index contributed by atoms with van der Waals surface area (Å²) in [7, 11) is 0. The molecule has 0 aliphatic rings. The fraction of sp³-hybridized carbons (Fsp3) is 0.222. The highest BCUT2D eigenvalue weighted by atomic mass is 19.4. The van der Waals surface area contributed by atoms with Crippen LogP contribution >= 0.6 is 0 Å². The molecule has 7 heteroatoms. The van der Waals surface area contributed by atoms with Crippen LogP contribution in [-0.2, 0) is 0 Å². The molecule has 0 unspecified atom stereocenters. The maximum atomic E-state index is 12.7. The predicted molar refractivity (Wildman–Crippen MR) is 86.3 cm³/mol. The second-order valence-corrected chi connectivity index (χ2v) is 5.56. The molecule has 0 saturated carbocycles. The Morgan fingerprint density at radius 2 is 1.68 bits per heavy atom. The summed E-state index contributed by atoms with van der Waals surface area (Å²) >= 11 is 0. The maximum absolute atomic E-state index is 12.7. The fourth-order valence-corrected chi connectivity index (χ4v) is 2.93. The number of ether oxygens (including phenoxy) is 1. The van der Waals surface area contributed by atoms with E-state index in [0.29, 0.717) is 0 Å². The van der Waals surface area contributed by atoms with E-state index in [-0.39, 0.29) is 5.56 Å². The molecule has 0 aliphatic carbocycles. The number of aliphatic hydroxyl groups excluding tert-OH is 2. The normalized spacial score (nSPS) is 14.4. The average Bonchev–Trinajstić information content (AvgIpc) is 2.99. The van der Waals surface area contributed by atoms with Crippen LogP contribution < -0.4 is 4.74 Å². The van der Waals surface area contributed by atoms with Crippen molar-refractivity contribution in [1.82, 2.24) is 4.57 Å². The van der Waals surface area contributed by atoms with E-state index in [9.17, 15) is 23.4 Å². The van der Waals surface area contributed by atoms with Gasteiger partial charge in [0.1, 0.15) is 11.9 Å². The van der Waals surface area contributed by atoms with Crippen molar-refractivity contribution in [2.45, 2.75) is 18.5 Å². The number of rotatable bonds is 5. The number of nitrogens with zero attached hydrogens (tertiary/aromatic N) is 1. The molecule has 1 aromatic heterocycles. The number of halogens is 3. The van der Waals surface area contributed by atoms with Gasteiger partial charge >= 0.3 is 6.36 Å². The molecule has 25 heavy (non-hydrogen) atoms. The van der Waals surface area contributed by atoms with Crippen LogP contribution in [0.25, 0.3) is 10.9 Å². The van der Waals surface area contributed by atoms with E-state index in [4.69, 9.17) is 0 Å². The predicted octanol–water partition coefficient (Wildman–Crippen LogP) is 3.48. The van der Waals surface area contributed by atoms with Crippen molar-refractivity contribution in [3.63, 3.8) is 0 Å². The summed E-state index contributed by atoms with van der Waals surface area (Å²) in [5, 5.41) is 20.6. The fourth-order valence-electron chi connectivity index (χ4n) is 2.93. The molecule has 4 nitrogen and oxygen atoms in total. The van der Waals surface area contributed by atoms with Crippen molar-refractivity contribution in [3.05, 3.63) is 66.4 Å². The number of aromatic nitrogens is 1. The van der Waals surface area contributed by atoms with Gasteiger partial charge in [0.05, 0.1) is 12.6 Å². The van der Waals surface area contributed by atoms with Gasteiger partial charge in [0.15, 0.2) is 0 Å². The number of hydrogen-bond donors (Lipinski definition) is 2. The zero-order valence-corrected chi connectivity index (χ0v) is 13.0. The summed E-state index contributed by atoms with van der Waals surface area (Å²) < 4.78 is 43.9. The van der Waals surface area contributed by atoms with Crippen LogP contribution in [-0.4, -0.2) is 33.9 Å². The molecule has 3 aromatic rings. The van der Waals surface area contributed by atoms with E-state index in [2.05, 4.69) is 4.74 Å². The van der Waals surface area contributed by atoms with Crippen LogP contribution in [0.1, 0.15) is 11.6 Å². The number of aliphatic hydroxyl groups is 2. The van der Waals surface area contributed by atoms with Gasteiger partial charge in [-0.2, -0.15) is 0 Å². The highest BCUT2D eigenvalue weighted by Gasteiger charge is 2.34. The molecule has 2 atom stereocenters. The minimum Gasteiger partial charge on any atom is -0.405 e. The molecule has 0 amide bonds. The number of alkyl halides is 3. The molecule has 0 spiro atoms. The standard InChI is InChI=1S/C18H16F3NO3/c19-18(20,21)25-16-8-4-2-6-13(16)17(15(24)11-23)22-10-9-12-5-1-3-7-14(12)22/h1-10,15,17,23-24H,11H2/t15-,17+/m1/s1. The molecule has 0 fully saturated rings. The number of benzene rings is 2. The third-order valence-electron chi connectivity index (χ3n) is 3.94. The Labute approximate surface area is 141 Å². The van der Waals surface area contributed by atoms with Crippen molar-refractivity contribution in [2.75, 3.05) is 6.61 Å². The van der Waals surface area contributed by atoms with Gasteiger partial charge in [-0.1, -0.05) is 36.4 Å². The molecule has 0 radical (unpaired) electrons. The van der Waals surface area contributed by atoms with Crippen molar-refractivity contribution >= 4 is 10.9 Å². The lowest BCUT2D eigenvalue weighted by molar-refractivity contribution is -0.275. The van der Waals surface area contributed by atoms with E-state index in [0.717, 1.165) is 10.9 Å². The maximum Gasteiger partial charge on any atom is 0.573 e. The lowest BCUT2D eigenvalue weighted by Gasteiger charge is -2.27. The molecular formula is C18H16F3NO3. The average molecular weight is 351 g/mol. The summed E-state index contributed by atoms with van der Waals surface area (Å²) in [4.78, 5) is 0. The summed E-state index contributed by atoms with van der Waals surface area (Å²) in [5.74, 6) is -0.412. The summed E-state index contributed by atoms with van der Waals surface area (Å²) in [6.45, 7) is -0.614. The SMILES string of the molecule is OC[C@@H](O)[C@H](c1ccccc1OC(F)(F)F)n1ccc2ccccc21. The van der Waals surface area contributed by atoms with E-state index < -0.39 is 30.9 Å². The Morgan fingerprint density at radius 3 is 2.40 bits per heavy atom. The van der Waals surface area contributed by atoms with Gasteiger partial charge in [0, 0.05) is 17.3 Å². The highest BCUT2D eigenvalue weighted by Crippen LogP contribution is 2.35. The highest BCUT2D eigenvalue weighted by molar-refractivity contribution is 5.80. The van der Waals surface area contributed by atoms with Gasteiger partial charge in [-0.15, -0.1) is 13.2 Å². The van der Waals surface area contributed by atoms with Gasteiger partial charge < -0.3 is 19.5 Å². The first-order chi connectivity index (χ1) is 11.9. The second-order valence-electron chi connectivity index (χ2n) is 5.56. The van der Waals surface area contributed by atoms with Crippen LogP contribution in [0.2, 0.25) is 0 Å². The smallest absolute Gasteiger partial charge is 0.405 e. The van der Waals surface area contributed by atoms with Crippen molar-refractivity contribution in [2.24, 2.45) is 0 Å².